The molecule has 1 aromatic carbocycles. The summed E-state index contributed by atoms with van der Waals surface area (Å²) in [6.45, 7) is 3.35. The third-order valence-electron chi connectivity index (χ3n) is 3.56. The van der Waals surface area contributed by atoms with E-state index in [-0.39, 0.29) is 18.2 Å². The second-order valence-corrected chi connectivity index (χ2v) is 4.90. The summed E-state index contributed by atoms with van der Waals surface area (Å²) >= 11 is 0. The van der Waals surface area contributed by atoms with Crippen LogP contribution in [0.1, 0.15) is 43.0 Å². The summed E-state index contributed by atoms with van der Waals surface area (Å²) in [5.74, 6) is -2.17. The molecule has 0 bridgehead atoms. The minimum Gasteiger partial charge on any atom is -0.289 e. The summed E-state index contributed by atoms with van der Waals surface area (Å²) in [4.78, 5) is 14.1. The van der Waals surface area contributed by atoms with Crippen molar-refractivity contribution in [3.63, 3.8) is 0 Å². The van der Waals surface area contributed by atoms with Crippen molar-refractivity contribution in [2.24, 2.45) is 0 Å². The molecule has 0 spiro atoms. The number of ketones is 1. The van der Waals surface area contributed by atoms with Crippen LogP contribution >= 0.6 is 12.4 Å². The number of hydrogen-bond donors (Lipinski definition) is 0. The smallest absolute Gasteiger partial charge is 0.227 e. The first-order chi connectivity index (χ1) is 8.68. The van der Waals surface area contributed by atoms with Gasteiger partial charge in [0.2, 0.25) is 11.6 Å². The largest absolute Gasteiger partial charge is 0.289 e. The Kier molecular flexibility index (Phi) is 5.95. The van der Waals surface area contributed by atoms with Gasteiger partial charge in [-0.15, -0.1) is 12.4 Å². The Morgan fingerprint density at radius 2 is 2.00 bits per heavy atom. The Labute approximate surface area is 120 Å². The molecule has 106 valence electrons. The van der Waals surface area contributed by atoms with E-state index in [1.54, 1.807) is 29.2 Å². The van der Waals surface area contributed by atoms with Crippen molar-refractivity contribution in [1.82, 2.24) is 4.90 Å². The standard InChI is InChI=1S/C15H20FNO.ClH/c1-2-11-17-12-7-6-10-15(17,16)14(18)13-8-4-3-5-9-13;/h3-5,8-9H,2,6-7,10-12H2,1H3;1H. The highest BCUT2D eigenvalue weighted by molar-refractivity contribution is 6.02. The SMILES string of the molecule is CCCN1CCCCC1(F)C(=O)c1ccccc1.Cl. The van der Waals surface area contributed by atoms with Crippen LogP contribution in [-0.4, -0.2) is 29.6 Å². The lowest BCUT2D eigenvalue weighted by atomic mass is 9.91. The number of Topliss-reactive ketones (excluding diaryl/α,β-unsaturated/α-hetero) is 1. The molecule has 1 saturated heterocycles. The van der Waals surface area contributed by atoms with Gasteiger partial charge in [0.05, 0.1) is 0 Å². The number of benzene rings is 1. The Morgan fingerprint density at radius 3 is 2.63 bits per heavy atom. The van der Waals surface area contributed by atoms with Crippen molar-refractivity contribution in [2.75, 3.05) is 13.1 Å². The molecule has 2 rings (SSSR count). The summed E-state index contributed by atoms with van der Waals surface area (Å²) in [5, 5.41) is 0. The van der Waals surface area contributed by atoms with E-state index in [1.165, 1.54) is 0 Å². The topological polar surface area (TPSA) is 20.3 Å². The third-order valence-corrected chi connectivity index (χ3v) is 3.56. The van der Waals surface area contributed by atoms with Crippen molar-refractivity contribution in [3.8, 4) is 0 Å². The van der Waals surface area contributed by atoms with Gasteiger partial charge in [0.1, 0.15) is 0 Å². The highest BCUT2D eigenvalue weighted by Gasteiger charge is 2.45. The first-order valence-corrected chi connectivity index (χ1v) is 6.72. The molecule has 4 heteroatoms. The zero-order valence-corrected chi connectivity index (χ0v) is 12.1. The van der Waals surface area contributed by atoms with Crippen LogP contribution in [0.5, 0.6) is 0 Å². The molecular weight excluding hydrogens is 265 g/mol. The average Bonchev–Trinajstić information content (AvgIpc) is 2.42. The van der Waals surface area contributed by atoms with Crippen molar-refractivity contribution >= 4 is 18.2 Å². The van der Waals surface area contributed by atoms with E-state index in [0.29, 0.717) is 25.1 Å². The molecule has 1 unspecified atom stereocenters. The van der Waals surface area contributed by atoms with Gasteiger partial charge in [0, 0.05) is 25.1 Å². The second kappa shape index (κ2) is 7.01. The van der Waals surface area contributed by atoms with E-state index in [4.69, 9.17) is 0 Å². The second-order valence-electron chi connectivity index (χ2n) is 4.90. The quantitative estimate of drug-likeness (QED) is 0.618. The number of rotatable bonds is 4. The summed E-state index contributed by atoms with van der Waals surface area (Å²) in [7, 11) is 0. The van der Waals surface area contributed by atoms with Crippen LogP contribution in [0.15, 0.2) is 30.3 Å². The van der Waals surface area contributed by atoms with E-state index in [9.17, 15) is 4.79 Å². The van der Waals surface area contributed by atoms with Crippen molar-refractivity contribution in [1.29, 1.82) is 0 Å². The number of likely N-dealkylation sites (tertiary alicyclic amines) is 1. The van der Waals surface area contributed by atoms with Crippen LogP contribution in [0.2, 0.25) is 0 Å². The van der Waals surface area contributed by atoms with E-state index < -0.39 is 5.79 Å². The number of piperidine rings is 1. The summed E-state index contributed by atoms with van der Waals surface area (Å²) < 4.78 is 15.1. The van der Waals surface area contributed by atoms with Gasteiger partial charge in [-0.1, -0.05) is 37.3 Å². The van der Waals surface area contributed by atoms with Crippen LogP contribution in [0.3, 0.4) is 0 Å². The Balaban J connectivity index is 0.00000180. The molecule has 0 radical (unpaired) electrons. The number of carbonyl (C=O) groups is 1. The van der Waals surface area contributed by atoms with Crippen molar-refractivity contribution in [3.05, 3.63) is 35.9 Å². The lowest BCUT2D eigenvalue weighted by Gasteiger charge is -2.39. The molecule has 1 atom stereocenters. The van der Waals surface area contributed by atoms with Gasteiger partial charge in [-0.2, -0.15) is 0 Å². The maximum atomic E-state index is 15.1. The Morgan fingerprint density at radius 1 is 1.32 bits per heavy atom. The molecule has 0 aromatic heterocycles. The summed E-state index contributed by atoms with van der Waals surface area (Å²) in [6, 6.07) is 8.80. The maximum Gasteiger partial charge on any atom is 0.227 e. The van der Waals surface area contributed by atoms with Gasteiger partial charge in [-0.3, -0.25) is 9.69 Å². The van der Waals surface area contributed by atoms with Crippen LogP contribution in [0, 0.1) is 0 Å². The normalized spacial score (nSPS) is 23.7. The van der Waals surface area contributed by atoms with Gasteiger partial charge in [-0.05, 0) is 19.3 Å². The van der Waals surface area contributed by atoms with Crippen LogP contribution in [0.25, 0.3) is 0 Å². The average molecular weight is 286 g/mol. The predicted molar refractivity (Wildman–Crippen MR) is 77.6 cm³/mol. The number of nitrogens with zero attached hydrogens (tertiary/aromatic N) is 1. The molecule has 2 nitrogen and oxygen atoms in total. The van der Waals surface area contributed by atoms with E-state index in [2.05, 4.69) is 0 Å². The fourth-order valence-electron chi connectivity index (χ4n) is 2.62. The lowest BCUT2D eigenvalue weighted by Crippen LogP contribution is -2.54. The monoisotopic (exact) mass is 285 g/mol. The minimum absolute atomic E-state index is 0. The summed E-state index contributed by atoms with van der Waals surface area (Å²) in [6.07, 6.45) is 2.96. The molecule has 0 amide bonds. The van der Waals surface area contributed by atoms with E-state index >= 15 is 4.39 Å². The van der Waals surface area contributed by atoms with Crippen LogP contribution in [-0.2, 0) is 0 Å². The fourth-order valence-corrected chi connectivity index (χ4v) is 2.62. The Hall–Kier alpha value is -0.930. The van der Waals surface area contributed by atoms with Gasteiger partial charge >= 0.3 is 0 Å². The van der Waals surface area contributed by atoms with Crippen molar-refractivity contribution in [2.45, 2.75) is 38.4 Å². The molecule has 1 aromatic rings. The van der Waals surface area contributed by atoms with Gasteiger partial charge in [0.25, 0.3) is 0 Å². The highest BCUT2D eigenvalue weighted by Crippen LogP contribution is 2.33. The molecule has 1 aliphatic heterocycles. The zero-order valence-electron chi connectivity index (χ0n) is 11.3. The van der Waals surface area contributed by atoms with Crippen LogP contribution in [0.4, 0.5) is 4.39 Å². The number of alkyl halides is 1. The zero-order chi connectivity index (χ0) is 13.0. The van der Waals surface area contributed by atoms with E-state index in [1.807, 2.05) is 13.0 Å². The summed E-state index contributed by atoms with van der Waals surface area (Å²) in [5.41, 5.74) is 0.475. The first-order valence-electron chi connectivity index (χ1n) is 6.72. The molecule has 1 fully saturated rings. The van der Waals surface area contributed by atoms with Gasteiger partial charge < -0.3 is 0 Å². The molecule has 0 aliphatic carbocycles. The maximum absolute atomic E-state index is 15.1. The minimum atomic E-state index is -1.80. The molecule has 0 saturated carbocycles. The molecule has 1 heterocycles. The predicted octanol–water partition coefficient (Wildman–Crippen LogP) is 3.85. The third kappa shape index (κ3) is 3.34. The number of carbonyl (C=O) groups excluding carboxylic acids is 1. The lowest BCUT2D eigenvalue weighted by molar-refractivity contribution is -0.0390. The first kappa shape index (κ1) is 16.1. The molecule has 1 aliphatic rings. The fraction of sp³-hybridized carbons (Fsp3) is 0.533. The van der Waals surface area contributed by atoms with Gasteiger partial charge in [-0.25, -0.2) is 4.39 Å². The van der Waals surface area contributed by atoms with Crippen molar-refractivity contribution < 1.29 is 9.18 Å². The van der Waals surface area contributed by atoms with Gasteiger partial charge in [0.15, 0.2) is 0 Å². The number of hydrogen-bond acceptors (Lipinski definition) is 2. The van der Waals surface area contributed by atoms with Crippen LogP contribution < -0.4 is 0 Å². The molecule has 19 heavy (non-hydrogen) atoms. The highest BCUT2D eigenvalue weighted by atomic mass is 35.5. The molecular formula is C15H21ClFNO. The molecule has 0 N–H and O–H groups in total. The van der Waals surface area contributed by atoms with E-state index in [0.717, 1.165) is 19.3 Å². The Bertz CT molecular complexity index is 410. The number of halogens is 2.